The lowest BCUT2D eigenvalue weighted by atomic mass is 10.1. The third-order valence-electron chi connectivity index (χ3n) is 1.96. The van der Waals surface area contributed by atoms with Crippen LogP contribution in [0.1, 0.15) is 13.3 Å². The third kappa shape index (κ3) is 5.41. The molecule has 0 saturated heterocycles. The maximum atomic E-state index is 5.49. The van der Waals surface area contributed by atoms with Crippen molar-refractivity contribution < 1.29 is 0 Å². The molecule has 0 aromatic heterocycles. The molecule has 14 heavy (non-hydrogen) atoms. The lowest BCUT2D eigenvalue weighted by molar-refractivity contribution is 0.514. The summed E-state index contributed by atoms with van der Waals surface area (Å²) >= 11 is 0. The second-order valence-electron chi connectivity index (χ2n) is 3.33. The molecule has 0 aliphatic rings. The first kappa shape index (κ1) is 12.8. The molecule has 0 atom stereocenters. The highest BCUT2D eigenvalue weighted by Gasteiger charge is 1.91. The molecular weight excluding hydrogens is 172 g/mol. The van der Waals surface area contributed by atoms with Gasteiger partial charge in [0.2, 0.25) is 0 Å². The van der Waals surface area contributed by atoms with Gasteiger partial charge in [0.05, 0.1) is 0 Å². The number of allylic oxidation sites excluding steroid dienone is 4. The second-order valence-corrected chi connectivity index (χ2v) is 3.33. The monoisotopic (exact) mass is 192 g/mol. The fraction of sp³-hybridized carbons (Fsp3) is 0.417. The molecule has 0 aliphatic heterocycles. The molecule has 0 saturated carbocycles. The Morgan fingerprint density at radius 1 is 1.43 bits per heavy atom. The minimum absolute atomic E-state index is 0.652. The van der Waals surface area contributed by atoms with Gasteiger partial charge in [-0.05, 0) is 37.6 Å². The number of hydrogen-bond donors (Lipinski definition) is 1. The Labute approximate surface area is 87.1 Å². The molecule has 0 amide bonds. The van der Waals surface area contributed by atoms with Gasteiger partial charge in [0.25, 0.3) is 0 Å². The standard InChI is InChI=1S/C12H20N2/c1-5-6-12(9-10-13)8-7-11(2)14(3)4/h6-8H,1,9-10,13H2,2-4H3. The summed E-state index contributed by atoms with van der Waals surface area (Å²) in [5.74, 6) is 0. The molecule has 0 radical (unpaired) electrons. The van der Waals surface area contributed by atoms with Crippen molar-refractivity contribution in [2.75, 3.05) is 20.6 Å². The zero-order valence-electron chi connectivity index (χ0n) is 9.38. The van der Waals surface area contributed by atoms with Crippen molar-refractivity contribution >= 4 is 0 Å². The number of nitrogens with two attached hydrogens (primary N) is 1. The van der Waals surface area contributed by atoms with Crippen molar-refractivity contribution in [3.05, 3.63) is 41.8 Å². The molecule has 0 fully saturated rings. The van der Waals surface area contributed by atoms with Crippen LogP contribution in [0.5, 0.6) is 0 Å². The maximum Gasteiger partial charge on any atom is 0.00959 e. The number of rotatable bonds is 5. The predicted octanol–water partition coefficient (Wildman–Crippen LogP) is 2.07. The van der Waals surface area contributed by atoms with Crippen LogP contribution in [0.25, 0.3) is 0 Å². The van der Waals surface area contributed by atoms with E-state index in [2.05, 4.69) is 36.3 Å². The van der Waals surface area contributed by atoms with Gasteiger partial charge in [0.1, 0.15) is 0 Å². The SMILES string of the molecule is C=C=CC(=CC=C(C)N(C)C)CCN. The van der Waals surface area contributed by atoms with Crippen LogP contribution in [0.15, 0.2) is 41.8 Å². The average Bonchev–Trinajstić information content (AvgIpc) is 2.14. The summed E-state index contributed by atoms with van der Waals surface area (Å²) < 4.78 is 0. The van der Waals surface area contributed by atoms with Crippen molar-refractivity contribution in [1.29, 1.82) is 0 Å². The van der Waals surface area contributed by atoms with Gasteiger partial charge in [-0.1, -0.05) is 12.7 Å². The quantitative estimate of drug-likeness (QED) is 0.533. The van der Waals surface area contributed by atoms with E-state index in [9.17, 15) is 0 Å². The zero-order chi connectivity index (χ0) is 11.0. The maximum absolute atomic E-state index is 5.49. The summed E-state index contributed by atoms with van der Waals surface area (Å²) in [6.07, 6.45) is 6.85. The van der Waals surface area contributed by atoms with Crippen molar-refractivity contribution in [1.82, 2.24) is 4.90 Å². The Balaban J connectivity index is 4.57. The predicted molar refractivity (Wildman–Crippen MR) is 62.9 cm³/mol. The Morgan fingerprint density at radius 3 is 2.50 bits per heavy atom. The lowest BCUT2D eigenvalue weighted by Crippen LogP contribution is -2.07. The van der Waals surface area contributed by atoms with Crippen LogP contribution < -0.4 is 5.73 Å². The van der Waals surface area contributed by atoms with Crippen LogP contribution >= 0.6 is 0 Å². The summed E-state index contributed by atoms with van der Waals surface area (Å²) in [7, 11) is 4.04. The van der Waals surface area contributed by atoms with Gasteiger partial charge < -0.3 is 10.6 Å². The molecule has 0 spiro atoms. The van der Waals surface area contributed by atoms with Gasteiger partial charge >= 0.3 is 0 Å². The van der Waals surface area contributed by atoms with Crippen molar-refractivity contribution in [3.63, 3.8) is 0 Å². The van der Waals surface area contributed by atoms with Gasteiger partial charge in [-0.2, -0.15) is 0 Å². The molecule has 0 aromatic rings. The molecule has 0 unspecified atom stereocenters. The summed E-state index contributed by atoms with van der Waals surface area (Å²) in [6.45, 7) is 6.27. The summed E-state index contributed by atoms with van der Waals surface area (Å²) in [4.78, 5) is 2.06. The third-order valence-corrected chi connectivity index (χ3v) is 1.96. The normalized spacial score (nSPS) is 12.3. The van der Waals surface area contributed by atoms with Crippen molar-refractivity contribution in [3.8, 4) is 0 Å². The van der Waals surface area contributed by atoms with E-state index in [4.69, 9.17) is 5.73 Å². The van der Waals surface area contributed by atoms with Crippen LogP contribution in [-0.2, 0) is 0 Å². The highest BCUT2D eigenvalue weighted by atomic mass is 15.1. The summed E-state index contributed by atoms with van der Waals surface area (Å²) in [5.41, 5.74) is 10.6. The summed E-state index contributed by atoms with van der Waals surface area (Å²) in [6, 6.07) is 0. The number of hydrogen-bond acceptors (Lipinski definition) is 2. The molecule has 2 nitrogen and oxygen atoms in total. The first-order valence-electron chi connectivity index (χ1n) is 4.72. The molecule has 0 aliphatic carbocycles. The van der Waals surface area contributed by atoms with Crippen LogP contribution in [-0.4, -0.2) is 25.5 Å². The van der Waals surface area contributed by atoms with E-state index in [1.165, 1.54) is 5.70 Å². The van der Waals surface area contributed by atoms with Gasteiger partial charge in [-0.25, -0.2) is 0 Å². The Hall–Kier alpha value is -1.24. The highest BCUT2D eigenvalue weighted by molar-refractivity contribution is 5.24. The van der Waals surface area contributed by atoms with E-state index in [1.54, 1.807) is 0 Å². The van der Waals surface area contributed by atoms with Gasteiger partial charge in [0.15, 0.2) is 0 Å². The van der Waals surface area contributed by atoms with Crippen molar-refractivity contribution in [2.24, 2.45) is 5.73 Å². The Bertz CT molecular complexity index is 266. The number of nitrogens with zero attached hydrogens (tertiary/aromatic N) is 1. The summed E-state index contributed by atoms with van der Waals surface area (Å²) in [5, 5.41) is 0. The average molecular weight is 192 g/mol. The zero-order valence-corrected chi connectivity index (χ0v) is 9.38. The first-order valence-corrected chi connectivity index (χ1v) is 4.72. The van der Waals surface area contributed by atoms with Crippen LogP contribution in [0.2, 0.25) is 0 Å². The smallest absolute Gasteiger partial charge is 0.00959 e. The topological polar surface area (TPSA) is 29.3 Å². The molecule has 0 bridgehead atoms. The van der Waals surface area contributed by atoms with E-state index >= 15 is 0 Å². The van der Waals surface area contributed by atoms with Gasteiger partial charge in [-0.3, -0.25) is 0 Å². The largest absolute Gasteiger partial charge is 0.381 e. The van der Waals surface area contributed by atoms with Crippen LogP contribution in [0.3, 0.4) is 0 Å². The van der Waals surface area contributed by atoms with Gasteiger partial charge in [0, 0.05) is 19.8 Å². The molecule has 0 heterocycles. The van der Waals surface area contributed by atoms with Crippen molar-refractivity contribution in [2.45, 2.75) is 13.3 Å². The van der Waals surface area contributed by atoms with E-state index in [0.717, 1.165) is 12.0 Å². The van der Waals surface area contributed by atoms with Crippen LogP contribution in [0, 0.1) is 0 Å². The minimum atomic E-state index is 0.652. The second kappa shape index (κ2) is 7.19. The van der Waals surface area contributed by atoms with E-state index in [0.29, 0.717) is 6.54 Å². The van der Waals surface area contributed by atoms with Gasteiger partial charge in [-0.15, -0.1) is 5.73 Å². The molecule has 0 aromatic carbocycles. The first-order chi connectivity index (χ1) is 6.61. The van der Waals surface area contributed by atoms with Crippen LogP contribution in [0.4, 0.5) is 0 Å². The van der Waals surface area contributed by atoms with E-state index < -0.39 is 0 Å². The van der Waals surface area contributed by atoms with E-state index in [1.807, 2.05) is 20.2 Å². The highest BCUT2D eigenvalue weighted by Crippen LogP contribution is 2.04. The fourth-order valence-corrected chi connectivity index (χ4v) is 0.878. The minimum Gasteiger partial charge on any atom is -0.381 e. The molecule has 78 valence electrons. The Morgan fingerprint density at radius 2 is 2.07 bits per heavy atom. The molecule has 0 rings (SSSR count). The molecule has 2 heteroatoms. The fourth-order valence-electron chi connectivity index (χ4n) is 0.878. The lowest BCUT2D eigenvalue weighted by Gasteiger charge is -2.11. The van der Waals surface area contributed by atoms with E-state index in [-0.39, 0.29) is 0 Å². The molecular formula is C12H20N2. The Kier molecular flexibility index (Phi) is 6.55. The molecule has 2 N–H and O–H groups in total.